The molecule has 2 nitrogen and oxygen atoms in total. The highest BCUT2D eigenvalue weighted by molar-refractivity contribution is 5.96. The molecule has 1 N–H and O–H groups in total. The summed E-state index contributed by atoms with van der Waals surface area (Å²) in [7, 11) is 3.78. The minimum Gasteiger partial charge on any atom is -0.363 e. The third-order valence-corrected chi connectivity index (χ3v) is 2.06. The van der Waals surface area contributed by atoms with E-state index in [4.69, 9.17) is 5.41 Å². The number of amidine groups is 1. The molecule has 0 fully saturated rings. The second kappa shape index (κ2) is 7.04. The number of nitrogens with one attached hydrogen (secondary N) is 1. The molecule has 0 aromatic heterocycles. The van der Waals surface area contributed by atoms with E-state index in [1.54, 1.807) is 0 Å². The molecule has 0 heterocycles. The zero-order valence-electron chi connectivity index (χ0n) is 10.5. The van der Waals surface area contributed by atoms with E-state index in [0.29, 0.717) is 5.84 Å². The van der Waals surface area contributed by atoms with Gasteiger partial charge < -0.3 is 4.90 Å². The normalized spacial score (nSPS) is 8.87. The Bertz CT molecular complexity index is 303. The van der Waals surface area contributed by atoms with E-state index in [9.17, 15) is 0 Å². The summed E-state index contributed by atoms with van der Waals surface area (Å²) >= 11 is 0. The Morgan fingerprint density at radius 3 is 2.33 bits per heavy atom. The maximum Gasteiger partial charge on any atom is 0.127 e. The summed E-state index contributed by atoms with van der Waals surface area (Å²) in [6.07, 6.45) is 1.02. The smallest absolute Gasteiger partial charge is 0.127 e. The van der Waals surface area contributed by atoms with Crippen LogP contribution in [0.25, 0.3) is 0 Å². The van der Waals surface area contributed by atoms with E-state index >= 15 is 0 Å². The molecule has 0 aliphatic rings. The Labute approximate surface area is 93.4 Å². The van der Waals surface area contributed by atoms with Crippen LogP contribution in [0.15, 0.2) is 24.3 Å². The van der Waals surface area contributed by atoms with Crippen LogP contribution in [-0.4, -0.2) is 24.8 Å². The Balaban J connectivity index is 0.000000921. The van der Waals surface area contributed by atoms with Crippen LogP contribution in [0.4, 0.5) is 0 Å². The highest BCUT2D eigenvalue weighted by atomic mass is 15.1. The Morgan fingerprint density at radius 1 is 1.27 bits per heavy atom. The van der Waals surface area contributed by atoms with Crippen molar-refractivity contribution < 1.29 is 0 Å². The van der Waals surface area contributed by atoms with Crippen LogP contribution < -0.4 is 0 Å². The molecular formula is C13H22N2. The van der Waals surface area contributed by atoms with Crippen molar-refractivity contribution in [1.29, 1.82) is 5.41 Å². The van der Waals surface area contributed by atoms with E-state index < -0.39 is 0 Å². The highest BCUT2D eigenvalue weighted by Crippen LogP contribution is 2.07. The molecule has 1 rings (SSSR count). The quantitative estimate of drug-likeness (QED) is 0.584. The molecule has 0 saturated carbocycles. The minimum absolute atomic E-state index is 0.565. The molecule has 2 heteroatoms. The Kier molecular flexibility index (Phi) is 6.43. The summed E-state index contributed by atoms with van der Waals surface area (Å²) in [5.41, 5.74) is 2.27. The fourth-order valence-corrected chi connectivity index (χ4v) is 1.20. The fraction of sp³-hybridized carbons (Fsp3) is 0.462. The molecule has 84 valence electrons. The first-order valence-electron chi connectivity index (χ1n) is 5.50. The summed E-state index contributed by atoms with van der Waals surface area (Å²) in [4.78, 5) is 1.81. The van der Waals surface area contributed by atoms with Crippen LogP contribution >= 0.6 is 0 Å². The second-order valence-electron chi connectivity index (χ2n) is 3.30. The van der Waals surface area contributed by atoms with Crippen molar-refractivity contribution in [1.82, 2.24) is 4.90 Å². The van der Waals surface area contributed by atoms with E-state index in [2.05, 4.69) is 19.1 Å². The van der Waals surface area contributed by atoms with Gasteiger partial charge in [-0.05, 0) is 18.1 Å². The third kappa shape index (κ3) is 4.15. The highest BCUT2D eigenvalue weighted by Gasteiger charge is 2.02. The predicted octanol–water partition coefficient (Wildman–Crippen LogP) is 3.16. The van der Waals surface area contributed by atoms with Gasteiger partial charge in [-0.1, -0.05) is 39.0 Å². The lowest BCUT2D eigenvalue weighted by atomic mass is 10.1. The summed E-state index contributed by atoms with van der Waals surface area (Å²) in [5.74, 6) is 0.565. The van der Waals surface area contributed by atoms with Gasteiger partial charge in [-0.25, -0.2) is 0 Å². The lowest BCUT2D eigenvalue weighted by Gasteiger charge is -2.14. The van der Waals surface area contributed by atoms with Crippen LogP contribution in [0.5, 0.6) is 0 Å². The van der Waals surface area contributed by atoms with Gasteiger partial charge in [0.05, 0.1) is 0 Å². The van der Waals surface area contributed by atoms with E-state index in [-0.39, 0.29) is 0 Å². The molecule has 0 amide bonds. The van der Waals surface area contributed by atoms with Gasteiger partial charge in [-0.2, -0.15) is 0 Å². The van der Waals surface area contributed by atoms with Crippen molar-refractivity contribution in [3.05, 3.63) is 35.4 Å². The number of rotatable bonds is 2. The third-order valence-electron chi connectivity index (χ3n) is 2.06. The van der Waals surface area contributed by atoms with Gasteiger partial charge in [0.25, 0.3) is 0 Å². The monoisotopic (exact) mass is 206 g/mol. The van der Waals surface area contributed by atoms with Gasteiger partial charge in [-0.15, -0.1) is 0 Å². The van der Waals surface area contributed by atoms with Gasteiger partial charge in [0.15, 0.2) is 0 Å². The van der Waals surface area contributed by atoms with Crippen molar-refractivity contribution in [2.45, 2.75) is 27.2 Å². The summed E-state index contributed by atoms with van der Waals surface area (Å²) in [6.45, 7) is 6.12. The van der Waals surface area contributed by atoms with Crippen LogP contribution in [0, 0.1) is 5.41 Å². The van der Waals surface area contributed by atoms with Crippen molar-refractivity contribution in [3.63, 3.8) is 0 Å². The molecule has 0 radical (unpaired) electrons. The zero-order chi connectivity index (χ0) is 11.8. The van der Waals surface area contributed by atoms with Crippen molar-refractivity contribution >= 4 is 5.84 Å². The first-order chi connectivity index (χ1) is 7.15. The van der Waals surface area contributed by atoms with Crippen molar-refractivity contribution in [2.75, 3.05) is 14.1 Å². The summed E-state index contributed by atoms with van der Waals surface area (Å²) in [5, 5.41) is 7.78. The first kappa shape index (κ1) is 13.7. The largest absolute Gasteiger partial charge is 0.363 e. The fourth-order valence-electron chi connectivity index (χ4n) is 1.20. The molecular weight excluding hydrogens is 184 g/mol. The summed E-state index contributed by atoms with van der Waals surface area (Å²) in [6, 6.07) is 8.14. The van der Waals surface area contributed by atoms with Crippen LogP contribution in [0.3, 0.4) is 0 Å². The molecule has 1 aromatic carbocycles. The zero-order valence-corrected chi connectivity index (χ0v) is 10.5. The lowest BCUT2D eigenvalue weighted by Crippen LogP contribution is -2.21. The van der Waals surface area contributed by atoms with Crippen molar-refractivity contribution in [2.24, 2.45) is 0 Å². The maximum absolute atomic E-state index is 7.78. The number of hydrogen-bond donors (Lipinski definition) is 1. The van der Waals surface area contributed by atoms with Crippen molar-refractivity contribution in [3.8, 4) is 0 Å². The molecule has 0 bridgehead atoms. The van der Waals surface area contributed by atoms with Crippen LogP contribution in [0.2, 0.25) is 0 Å². The molecule has 1 aromatic rings. The van der Waals surface area contributed by atoms with Gasteiger partial charge >= 0.3 is 0 Å². The Morgan fingerprint density at radius 2 is 1.87 bits per heavy atom. The lowest BCUT2D eigenvalue weighted by molar-refractivity contribution is 0.619. The molecule has 0 unspecified atom stereocenters. The predicted molar refractivity (Wildman–Crippen MR) is 67.7 cm³/mol. The molecule has 0 aliphatic heterocycles. The van der Waals surface area contributed by atoms with Crippen LogP contribution in [-0.2, 0) is 6.42 Å². The number of nitrogens with zero attached hydrogens (tertiary/aromatic N) is 1. The van der Waals surface area contributed by atoms with E-state index in [1.165, 1.54) is 5.56 Å². The molecule has 0 atom stereocenters. The minimum atomic E-state index is 0.565. The average molecular weight is 206 g/mol. The number of aryl methyl sites for hydroxylation is 1. The SMILES string of the molecule is CC.CCc1cccc(C(=N)N(C)C)c1. The topological polar surface area (TPSA) is 27.1 Å². The standard InChI is InChI=1S/C11H16N2.C2H6/c1-4-9-6-5-7-10(8-9)11(12)13(2)3;1-2/h5-8,12H,4H2,1-3H3;1-2H3. The van der Waals surface area contributed by atoms with E-state index in [1.807, 2.05) is 45.0 Å². The maximum atomic E-state index is 7.78. The number of hydrogen-bond acceptors (Lipinski definition) is 1. The molecule has 0 aliphatic carbocycles. The van der Waals surface area contributed by atoms with Gasteiger partial charge in [0.1, 0.15) is 5.84 Å². The van der Waals surface area contributed by atoms with E-state index in [0.717, 1.165) is 12.0 Å². The average Bonchev–Trinajstić information content (AvgIpc) is 2.30. The van der Waals surface area contributed by atoms with Gasteiger partial charge in [-0.3, -0.25) is 5.41 Å². The summed E-state index contributed by atoms with van der Waals surface area (Å²) < 4.78 is 0. The first-order valence-corrected chi connectivity index (χ1v) is 5.50. The molecule has 15 heavy (non-hydrogen) atoms. The molecule has 0 saturated heterocycles. The van der Waals surface area contributed by atoms with Gasteiger partial charge in [0, 0.05) is 19.7 Å². The van der Waals surface area contributed by atoms with Crippen LogP contribution in [0.1, 0.15) is 31.9 Å². The molecule has 0 spiro atoms. The van der Waals surface area contributed by atoms with Gasteiger partial charge in [0.2, 0.25) is 0 Å². The Hall–Kier alpha value is -1.31. The second-order valence-corrected chi connectivity index (χ2v) is 3.30. The number of benzene rings is 1.